The molecule has 3 heterocycles. The van der Waals surface area contributed by atoms with E-state index in [-0.39, 0.29) is 12.4 Å². The van der Waals surface area contributed by atoms with Crippen LogP contribution in [0.3, 0.4) is 0 Å². The lowest BCUT2D eigenvalue weighted by atomic mass is 9.99. The second-order valence-corrected chi connectivity index (χ2v) is 10.4. The van der Waals surface area contributed by atoms with Crippen molar-refractivity contribution in [2.24, 2.45) is 0 Å². The van der Waals surface area contributed by atoms with Crippen molar-refractivity contribution in [3.63, 3.8) is 0 Å². The lowest BCUT2D eigenvalue weighted by molar-refractivity contribution is -0.120. The van der Waals surface area contributed by atoms with Gasteiger partial charge in [-0.2, -0.15) is 4.98 Å². The van der Waals surface area contributed by atoms with Crippen molar-refractivity contribution in [3.8, 4) is 0 Å². The first-order chi connectivity index (χ1) is 15.5. The number of anilines is 1. The number of hydrogen-bond acceptors (Lipinski definition) is 10. The van der Waals surface area contributed by atoms with Crippen molar-refractivity contribution in [3.05, 3.63) is 56.6 Å². The van der Waals surface area contributed by atoms with Crippen molar-refractivity contribution >= 4 is 36.8 Å². The molecule has 180 valence electrons. The maximum absolute atomic E-state index is 13.1. The van der Waals surface area contributed by atoms with Gasteiger partial charge in [-0.3, -0.25) is 18.1 Å². The van der Waals surface area contributed by atoms with Crippen LogP contribution in [-0.4, -0.2) is 50.8 Å². The second-order valence-electron chi connectivity index (χ2n) is 7.94. The number of hydrogen-bond donors (Lipinski definition) is 3. The summed E-state index contributed by atoms with van der Waals surface area (Å²) in [6, 6.07) is 6.18. The lowest BCUT2D eigenvalue weighted by Crippen LogP contribution is -2.44. The highest BCUT2D eigenvalue weighted by atomic mass is 35.5. The summed E-state index contributed by atoms with van der Waals surface area (Å²) in [5.41, 5.74) is 3.76. The molecule has 4 rings (SSSR count). The SMILES string of the molecule is C[C@]1(COP2(=O)OCCC(c3cc(Cl)cc(Cl)c3)O2)O[C@@H](n2ccc(N)nc2=O)[C@H](O)[C@@H]1O. The largest absolute Gasteiger partial charge is 0.475 e. The minimum atomic E-state index is -4.07. The molecule has 0 spiro atoms. The number of ether oxygens (including phenoxy) is 1. The third-order valence-corrected chi connectivity index (χ3v) is 7.30. The van der Waals surface area contributed by atoms with Gasteiger partial charge in [-0.25, -0.2) is 9.36 Å². The number of phosphoric ester groups is 1. The number of aromatic nitrogens is 2. The standard InChI is InChI=1S/C19H22Cl2N3O8P/c1-19(16(26)15(25)17(31-19)24-4-2-14(22)23-18(24)27)9-30-33(28)29-5-3-13(32-33)10-6-11(20)8-12(21)7-10/h2,4,6-8,13,15-17,25-26H,3,5,9H2,1H3,(H2,22,23,27)/t13?,15-,16+,17-,19-,33?/m1/s1. The van der Waals surface area contributed by atoms with Crippen LogP contribution in [0.2, 0.25) is 10.0 Å². The van der Waals surface area contributed by atoms with Crippen LogP contribution in [0.5, 0.6) is 0 Å². The molecule has 6 atom stereocenters. The minimum absolute atomic E-state index is 0.00406. The molecule has 2 fully saturated rings. The first kappa shape index (κ1) is 24.6. The molecule has 2 aromatic rings. The van der Waals surface area contributed by atoms with Gasteiger partial charge < -0.3 is 20.7 Å². The molecule has 33 heavy (non-hydrogen) atoms. The minimum Gasteiger partial charge on any atom is -0.387 e. The summed E-state index contributed by atoms with van der Waals surface area (Å²) in [6.07, 6.45) is -3.25. The van der Waals surface area contributed by atoms with Crippen LogP contribution in [0.15, 0.2) is 35.3 Å². The van der Waals surface area contributed by atoms with Crippen LogP contribution >= 0.6 is 31.0 Å². The highest BCUT2D eigenvalue weighted by molar-refractivity contribution is 7.48. The molecule has 0 radical (unpaired) electrons. The Morgan fingerprint density at radius 1 is 1.33 bits per heavy atom. The number of nitrogen functional groups attached to an aromatic ring is 1. The summed E-state index contributed by atoms with van der Waals surface area (Å²) in [7, 11) is -4.07. The molecule has 1 aromatic carbocycles. The average molecular weight is 522 g/mol. The van der Waals surface area contributed by atoms with Crippen molar-refractivity contribution < 1.29 is 33.1 Å². The quantitative estimate of drug-likeness (QED) is 0.499. The van der Waals surface area contributed by atoms with E-state index in [9.17, 15) is 19.6 Å². The van der Waals surface area contributed by atoms with Gasteiger partial charge in [0.2, 0.25) is 0 Å². The average Bonchev–Trinajstić information content (AvgIpc) is 2.96. The molecule has 11 nitrogen and oxygen atoms in total. The number of nitrogens with two attached hydrogens (primary N) is 1. The van der Waals surface area contributed by atoms with Crippen LogP contribution < -0.4 is 11.4 Å². The van der Waals surface area contributed by atoms with Crippen molar-refractivity contribution in [2.75, 3.05) is 18.9 Å². The Hall–Kier alpha value is -1.53. The number of aliphatic hydroxyl groups excluding tert-OH is 2. The molecule has 2 aliphatic heterocycles. The summed E-state index contributed by atoms with van der Waals surface area (Å²) in [6.45, 7) is 1.03. The van der Waals surface area contributed by atoms with Crippen molar-refractivity contribution in [1.82, 2.24) is 9.55 Å². The van der Waals surface area contributed by atoms with E-state index in [4.69, 9.17) is 47.2 Å². The van der Waals surface area contributed by atoms with Gasteiger partial charge in [0.15, 0.2) is 6.23 Å². The van der Waals surface area contributed by atoms with E-state index in [1.54, 1.807) is 18.2 Å². The zero-order valence-corrected chi connectivity index (χ0v) is 19.7. The summed E-state index contributed by atoms with van der Waals surface area (Å²) in [5, 5.41) is 21.8. The van der Waals surface area contributed by atoms with Gasteiger partial charge in [0.05, 0.1) is 19.3 Å². The maximum atomic E-state index is 13.1. The summed E-state index contributed by atoms with van der Waals surface area (Å²) < 4.78 is 36.1. The number of benzene rings is 1. The molecule has 0 aliphatic carbocycles. The molecule has 1 aromatic heterocycles. The monoisotopic (exact) mass is 521 g/mol. The number of rotatable bonds is 5. The fraction of sp³-hybridized carbons (Fsp3) is 0.474. The Bertz CT molecular complexity index is 1130. The fourth-order valence-corrected chi connectivity index (χ4v) is 5.69. The number of nitrogens with zero attached hydrogens (tertiary/aromatic N) is 2. The lowest BCUT2D eigenvalue weighted by Gasteiger charge is -2.32. The molecule has 4 N–H and O–H groups in total. The Morgan fingerprint density at radius 2 is 2.03 bits per heavy atom. The van der Waals surface area contributed by atoms with Crippen molar-refractivity contribution in [1.29, 1.82) is 0 Å². The van der Waals surface area contributed by atoms with Crippen LogP contribution in [0.4, 0.5) is 5.82 Å². The van der Waals surface area contributed by atoms with E-state index in [1.165, 1.54) is 19.2 Å². The highest BCUT2D eigenvalue weighted by Crippen LogP contribution is 2.58. The van der Waals surface area contributed by atoms with Gasteiger partial charge in [0.25, 0.3) is 0 Å². The zero-order chi connectivity index (χ0) is 24.0. The predicted molar refractivity (Wildman–Crippen MR) is 118 cm³/mol. The molecule has 0 saturated carbocycles. The maximum Gasteiger partial charge on any atom is 0.475 e. The molecule has 2 aliphatic rings. The van der Waals surface area contributed by atoms with Gasteiger partial charge >= 0.3 is 13.5 Å². The smallest absolute Gasteiger partial charge is 0.387 e. The zero-order valence-electron chi connectivity index (χ0n) is 17.3. The predicted octanol–water partition coefficient (Wildman–Crippen LogP) is 2.44. The number of halogens is 2. The van der Waals surface area contributed by atoms with Gasteiger partial charge in [-0.05, 0) is 36.8 Å². The van der Waals surface area contributed by atoms with Crippen LogP contribution in [-0.2, 0) is 22.9 Å². The van der Waals surface area contributed by atoms with E-state index >= 15 is 0 Å². The van der Waals surface area contributed by atoms with Crippen LogP contribution in [0.25, 0.3) is 0 Å². The molecule has 0 bridgehead atoms. The second kappa shape index (κ2) is 9.26. The molecule has 2 saturated heterocycles. The fourth-order valence-electron chi connectivity index (χ4n) is 3.67. The Labute approximate surface area is 198 Å². The normalized spacial score (nSPS) is 34.5. The molecule has 14 heteroatoms. The number of phosphoric acid groups is 1. The van der Waals surface area contributed by atoms with E-state index in [1.807, 2.05) is 0 Å². The van der Waals surface area contributed by atoms with Crippen LogP contribution in [0, 0.1) is 0 Å². The first-order valence-electron chi connectivity index (χ1n) is 9.92. The molecular weight excluding hydrogens is 500 g/mol. The summed E-state index contributed by atoms with van der Waals surface area (Å²) in [5.74, 6) is -0.00406. The highest BCUT2D eigenvalue weighted by Gasteiger charge is 2.54. The van der Waals surface area contributed by atoms with Gasteiger partial charge in [0.1, 0.15) is 23.6 Å². The summed E-state index contributed by atoms with van der Waals surface area (Å²) >= 11 is 12.1. The Kier molecular flexibility index (Phi) is 6.90. The Morgan fingerprint density at radius 3 is 2.70 bits per heavy atom. The first-order valence-corrected chi connectivity index (χ1v) is 12.1. The van der Waals surface area contributed by atoms with Crippen LogP contribution in [0.1, 0.15) is 31.2 Å². The van der Waals surface area contributed by atoms with Gasteiger partial charge in [-0.15, -0.1) is 0 Å². The Balaban J connectivity index is 1.48. The molecular formula is C19H22Cl2N3O8P. The van der Waals surface area contributed by atoms with Gasteiger partial charge in [-0.1, -0.05) is 23.2 Å². The van der Waals surface area contributed by atoms with Gasteiger partial charge in [0, 0.05) is 22.7 Å². The van der Waals surface area contributed by atoms with E-state index in [0.717, 1.165) is 4.57 Å². The third-order valence-electron chi connectivity index (χ3n) is 5.41. The topological polar surface area (TPSA) is 155 Å². The summed E-state index contributed by atoms with van der Waals surface area (Å²) in [4.78, 5) is 15.7. The van der Waals surface area contributed by atoms with Crippen molar-refractivity contribution in [2.45, 2.75) is 43.5 Å². The number of aliphatic hydroxyl groups is 2. The molecule has 2 unspecified atom stereocenters. The molecule has 0 amide bonds. The third kappa shape index (κ3) is 5.12. The van der Waals surface area contributed by atoms with E-state index in [2.05, 4.69) is 4.98 Å². The van der Waals surface area contributed by atoms with E-state index < -0.39 is 50.3 Å². The van der Waals surface area contributed by atoms with E-state index in [0.29, 0.717) is 22.0 Å².